The molecule has 3 heterocycles. The Morgan fingerprint density at radius 2 is 1.87 bits per heavy atom. The minimum absolute atomic E-state index is 0.287. The largest absolute Gasteiger partial charge is 0.490 e. The second kappa shape index (κ2) is 7.65. The van der Waals surface area contributed by atoms with Crippen molar-refractivity contribution in [3.05, 3.63) is 60.0 Å². The van der Waals surface area contributed by atoms with Crippen molar-refractivity contribution in [2.24, 2.45) is 0 Å². The Bertz CT molecular complexity index is 1120. The van der Waals surface area contributed by atoms with Crippen molar-refractivity contribution >= 4 is 5.97 Å². The van der Waals surface area contributed by atoms with Crippen LogP contribution in [0.1, 0.15) is 17.5 Å². The van der Waals surface area contributed by atoms with E-state index in [1.807, 2.05) is 0 Å². The third kappa shape index (κ3) is 3.65. The number of benzene rings is 1. The monoisotopic (exact) mass is 412 g/mol. The third-order valence-corrected chi connectivity index (χ3v) is 4.64. The van der Waals surface area contributed by atoms with Gasteiger partial charge in [0.1, 0.15) is 11.4 Å². The highest BCUT2D eigenvalue weighted by Gasteiger charge is 2.44. The second-order valence-corrected chi connectivity index (χ2v) is 6.53. The molecule has 0 spiro atoms. The van der Waals surface area contributed by atoms with Crippen LogP contribution in [0.5, 0.6) is 0 Å². The zero-order chi connectivity index (χ0) is 21.3. The summed E-state index contributed by atoms with van der Waals surface area (Å²) in [6, 6.07) is 10.5. The number of carbonyl (C=O) groups excluding carboxylic acids is 1. The van der Waals surface area contributed by atoms with E-state index in [-0.39, 0.29) is 6.54 Å². The van der Waals surface area contributed by atoms with Gasteiger partial charge in [0.15, 0.2) is 6.23 Å². The number of aromatic nitrogens is 3. The lowest BCUT2D eigenvalue weighted by Crippen LogP contribution is -2.39. The molecule has 30 heavy (non-hydrogen) atoms. The number of terminal acetylenes is 1. The molecule has 0 aliphatic carbocycles. The number of hydrogen-bond acceptors (Lipinski definition) is 5. The molecule has 0 saturated carbocycles. The van der Waals surface area contributed by atoms with Crippen LogP contribution >= 0.6 is 0 Å². The van der Waals surface area contributed by atoms with E-state index in [0.29, 0.717) is 34.6 Å². The number of pyridine rings is 1. The number of ether oxygens (including phenoxy) is 1. The molecule has 0 bridgehead atoms. The Balaban J connectivity index is 1.87. The molecule has 9 heteroatoms. The average molecular weight is 412 g/mol. The van der Waals surface area contributed by atoms with Gasteiger partial charge in [-0.05, 0) is 29.8 Å². The van der Waals surface area contributed by atoms with Crippen molar-refractivity contribution < 1.29 is 22.7 Å². The highest BCUT2D eigenvalue weighted by Crippen LogP contribution is 2.39. The van der Waals surface area contributed by atoms with Gasteiger partial charge in [-0.15, -0.1) is 6.42 Å². The molecule has 6 nitrogen and oxygen atoms in total. The Morgan fingerprint density at radius 1 is 1.17 bits per heavy atom. The first-order valence-electron chi connectivity index (χ1n) is 8.98. The van der Waals surface area contributed by atoms with E-state index in [1.165, 1.54) is 0 Å². The molecule has 1 aliphatic heterocycles. The number of alkyl halides is 3. The maximum atomic E-state index is 12.8. The van der Waals surface area contributed by atoms with Crippen LogP contribution in [0.25, 0.3) is 22.4 Å². The molecular formula is C21H15F3N4O2. The Labute approximate surface area is 169 Å². The van der Waals surface area contributed by atoms with Crippen molar-refractivity contribution in [1.29, 1.82) is 0 Å². The van der Waals surface area contributed by atoms with Crippen LogP contribution in [-0.4, -0.2) is 33.5 Å². The molecule has 0 saturated heterocycles. The minimum Gasteiger partial charge on any atom is -0.434 e. The van der Waals surface area contributed by atoms with Gasteiger partial charge in [0.05, 0.1) is 6.54 Å². The van der Waals surface area contributed by atoms with Crippen molar-refractivity contribution in [3.63, 3.8) is 0 Å². The SMILES string of the molecule is C#Cc1ccc(-c2nn3c(c2-c2ccncc2)C(OC(=O)C(F)(F)F)NCC3)cc1. The predicted molar refractivity (Wildman–Crippen MR) is 102 cm³/mol. The number of halogens is 3. The summed E-state index contributed by atoms with van der Waals surface area (Å²) < 4.78 is 44.7. The van der Waals surface area contributed by atoms with E-state index in [0.717, 1.165) is 5.56 Å². The van der Waals surface area contributed by atoms with Gasteiger partial charge in [0.2, 0.25) is 0 Å². The topological polar surface area (TPSA) is 69.0 Å². The molecule has 152 valence electrons. The first kappa shape index (κ1) is 19.7. The van der Waals surface area contributed by atoms with E-state index in [2.05, 4.69) is 21.3 Å². The van der Waals surface area contributed by atoms with Gasteiger partial charge in [0.25, 0.3) is 0 Å². The minimum atomic E-state index is -5.10. The third-order valence-electron chi connectivity index (χ3n) is 4.64. The molecular weight excluding hydrogens is 397 g/mol. The maximum absolute atomic E-state index is 12.8. The molecule has 2 aromatic heterocycles. The fraction of sp³-hybridized carbons (Fsp3) is 0.190. The zero-order valence-electron chi connectivity index (χ0n) is 15.5. The summed E-state index contributed by atoms with van der Waals surface area (Å²) in [4.78, 5) is 15.5. The lowest BCUT2D eigenvalue weighted by molar-refractivity contribution is -0.207. The van der Waals surface area contributed by atoms with E-state index in [4.69, 9.17) is 11.2 Å². The first-order valence-corrected chi connectivity index (χ1v) is 8.98. The van der Waals surface area contributed by atoms with Crippen LogP contribution in [0, 0.1) is 12.3 Å². The van der Waals surface area contributed by atoms with Crippen LogP contribution in [0.15, 0.2) is 48.8 Å². The van der Waals surface area contributed by atoms with Crippen LogP contribution in [0.3, 0.4) is 0 Å². The molecule has 1 atom stereocenters. The van der Waals surface area contributed by atoms with Crippen molar-refractivity contribution in [1.82, 2.24) is 20.1 Å². The second-order valence-electron chi connectivity index (χ2n) is 6.53. The fourth-order valence-corrected chi connectivity index (χ4v) is 3.31. The van der Waals surface area contributed by atoms with E-state index >= 15 is 0 Å². The number of carbonyl (C=O) groups is 1. The van der Waals surface area contributed by atoms with Crippen LogP contribution in [-0.2, 0) is 16.1 Å². The molecule has 0 amide bonds. The summed E-state index contributed by atoms with van der Waals surface area (Å²) in [5.41, 5.74) is 3.52. The normalized spacial score (nSPS) is 15.9. The molecule has 1 aromatic carbocycles. The molecule has 1 unspecified atom stereocenters. The van der Waals surface area contributed by atoms with Gasteiger partial charge in [-0.2, -0.15) is 18.3 Å². The number of fused-ring (bicyclic) bond motifs is 1. The van der Waals surface area contributed by atoms with Gasteiger partial charge in [-0.1, -0.05) is 18.1 Å². The summed E-state index contributed by atoms with van der Waals surface area (Å²) in [5, 5.41) is 7.43. The van der Waals surface area contributed by atoms with Crippen molar-refractivity contribution in [2.45, 2.75) is 18.9 Å². The fourth-order valence-electron chi connectivity index (χ4n) is 3.31. The van der Waals surface area contributed by atoms with Crippen LogP contribution in [0.4, 0.5) is 13.2 Å². The van der Waals surface area contributed by atoms with Crippen molar-refractivity contribution in [3.8, 4) is 34.7 Å². The van der Waals surface area contributed by atoms with Crippen LogP contribution < -0.4 is 5.32 Å². The smallest absolute Gasteiger partial charge is 0.434 e. The highest BCUT2D eigenvalue weighted by atomic mass is 19.4. The summed E-state index contributed by atoms with van der Waals surface area (Å²) in [6.45, 7) is 0.686. The number of nitrogens with zero attached hydrogens (tertiary/aromatic N) is 3. The van der Waals surface area contributed by atoms with Crippen molar-refractivity contribution in [2.75, 3.05) is 6.54 Å². The number of hydrogen-bond donors (Lipinski definition) is 1. The highest BCUT2D eigenvalue weighted by molar-refractivity contribution is 5.83. The molecule has 1 aliphatic rings. The average Bonchev–Trinajstić information content (AvgIpc) is 3.14. The quantitative estimate of drug-likeness (QED) is 0.528. The van der Waals surface area contributed by atoms with Gasteiger partial charge < -0.3 is 4.74 Å². The molecule has 4 rings (SSSR count). The molecule has 1 N–H and O–H groups in total. The molecule has 3 aromatic rings. The van der Waals surface area contributed by atoms with E-state index in [1.54, 1.807) is 53.5 Å². The summed E-state index contributed by atoms with van der Waals surface area (Å²) >= 11 is 0. The van der Waals surface area contributed by atoms with Gasteiger partial charge in [0, 0.05) is 35.6 Å². The molecule has 0 radical (unpaired) electrons. The number of rotatable bonds is 3. The standard InChI is InChI=1S/C21H15F3N4O2/c1-2-13-3-5-15(6-4-13)17-16(14-7-9-25-10-8-14)18-19(26-11-12-28(18)27-17)30-20(29)21(22,23)24/h1,3-10,19,26H,11-12H2. The number of esters is 1. The Morgan fingerprint density at radius 3 is 2.50 bits per heavy atom. The van der Waals surface area contributed by atoms with Gasteiger partial charge >= 0.3 is 12.1 Å². The van der Waals surface area contributed by atoms with Crippen LogP contribution in [0.2, 0.25) is 0 Å². The summed E-state index contributed by atoms with van der Waals surface area (Å²) in [7, 11) is 0. The van der Waals surface area contributed by atoms with E-state index < -0.39 is 18.4 Å². The van der Waals surface area contributed by atoms with E-state index in [9.17, 15) is 18.0 Å². The molecule has 0 fully saturated rings. The lowest BCUT2D eigenvalue weighted by Gasteiger charge is -2.26. The lowest BCUT2D eigenvalue weighted by atomic mass is 9.98. The van der Waals surface area contributed by atoms with Gasteiger partial charge in [-0.3, -0.25) is 15.0 Å². The zero-order valence-corrected chi connectivity index (χ0v) is 15.5. The van der Waals surface area contributed by atoms with Gasteiger partial charge in [-0.25, -0.2) is 4.79 Å². The Hall–Kier alpha value is -3.64. The Kier molecular flexibility index (Phi) is 5.01. The maximum Gasteiger partial charge on any atom is 0.490 e. The first-order chi connectivity index (χ1) is 14.4. The summed E-state index contributed by atoms with van der Waals surface area (Å²) in [5.74, 6) is 0.267. The number of nitrogens with one attached hydrogen (secondary N) is 1. The predicted octanol–water partition coefficient (Wildman–Crippen LogP) is 3.30. The summed E-state index contributed by atoms with van der Waals surface area (Å²) in [6.07, 6.45) is 2.14.